The van der Waals surface area contributed by atoms with Crippen molar-refractivity contribution >= 4 is 11.5 Å². The van der Waals surface area contributed by atoms with E-state index in [1.807, 2.05) is 0 Å². The molecule has 0 aromatic carbocycles. The quantitative estimate of drug-likeness (QED) is 0.780. The number of nitrogens with zero attached hydrogens (tertiary/aromatic N) is 1. The van der Waals surface area contributed by atoms with Crippen molar-refractivity contribution in [3.05, 3.63) is 11.8 Å². The van der Waals surface area contributed by atoms with Gasteiger partial charge in [0.2, 0.25) is 0 Å². The standard InChI is InChI=1S/C7H6F5N3O/c8-5(9)3-2(13)1-15-6(14)4(3)16-7(10,11)12/h1,5H,13H2,(H2,14,15). The van der Waals surface area contributed by atoms with Gasteiger partial charge in [0.05, 0.1) is 17.4 Å². The third-order valence-electron chi connectivity index (χ3n) is 1.57. The largest absolute Gasteiger partial charge is 0.573 e. The van der Waals surface area contributed by atoms with E-state index in [0.717, 1.165) is 6.20 Å². The number of halogens is 5. The first-order chi connectivity index (χ1) is 7.22. The molecule has 0 unspecified atom stereocenters. The van der Waals surface area contributed by atoms with Gasteiger partial charge < -0.3 is 16.2 Å². The van der Waals surface area contributed by atoms with Crippen LogP contribution in [0.15, 0.2) is 6.20 Å². The molecule has 0 atom stereocenters. The lowest BCUT2D eigenvalue weighted by atomic mass is 10.2. The minimum Gasteiger partial charge on any atom is -0.401 e. The molecule has 16 heavy (non-hydrogen) atoms. The van der Waals surface area contributed by atoms with Crippen LogP contribution in [0, 0.1) is 0 Å². The molecule has 0 bridgehead atoms. The summed E-state index contributed by atoms with van der Waals surface area (Å²) in [6.07, 6.45) is -7.66. The zero-order chi connectivity index (χ0) is 12.5. The van der Waals surface area contributed by atoms with Crippen molar-refractivity contribution in [3.8, 4) is 5.75 Å². The summed E-state index contributed by atoms with van der Waals surface area (Å²) in [5, 5.41) is 0. The average Bonchev–Trinajstić information content (AvgIpc) is 2.08. The SMILES string of the molecule is Nc1cnc(N)c(OC(F)(F)F)c1C(F)F. The van der Waals surface area contributed by atoms with E-state index in [4.69, 9.17) is 11.5 Å². The minimum absolute atomic E-state index is 0.622. The summed E-state index contributed by atoms with van der Waals surface area (Å²) in [5.74, 6) is -2.07. The van der Waals surface area contributed by atoms with Gasteiger partial charge in [0, 0.05) is 0 Å². The first-order valence-corrected chi connectivity index (χ1v) is 3.80. The Morgan fingerprint density at radius 1 is 1.25 bits per heavy atom. The van der Waals surface area contributed by atoms with Crippen LogP contribution in [0.3, 0.4) is 0 Å². The Bertz CT molecular complexity index is 392. The topological polar surface area (TPSA) is 74.2 Å². The van der Waals surface area contributed by atoms with Crippen LogP contribution in [0.2, 0.25) is 0 Å². The third kappa shape index (κ3) is 2.61. The highest BCUT2D eigenvalue weighted by atomic mass is 19.4. The van der Waals surface area contributed by atoms with E-state index in [0.29, 0.717) is 0 Å². The molecule has 1 aromatic heterocycles. The van der Waals surface area contributed by atoms with E-state index < -0.39 is 35.6 Å². The van der Waals surface area contributed by atoms with E-state index in [1.165, 1.54) is 0 Å². The number of hydrogen-bond donors (Lipinski definition) is 2. The second kappa shape index (κ2) is 3.99. The molecule has 1 aromatic rings. The summed E-state index contributed by atoms with van der Waals surface area (Å²) >= 11 is 0. The summed E-state index contributed by atoms with van der Waals surface area (Å²) < 4.78 is 63.9. The predicted octanol–water partition coefficient (Wildman–Crippen LogP) is 2.08. The number of alkyl halides is 5. The van der Waals surface area contributed by atoms with Gasteiger partial charge in [-0.1, -0.05) is 0 Å². The van der Waals surface area contributed by atoms with Gasteiger partial charge in [0.15, 0.2) is 11.6 Å². The van der Waals surface area contributed by atoms with E-state index in [-0.39, 0.29) is 0 Å². The summed E-state index contributed by atoms with van der Waals surface area (Å²) in [6, 6.07) is 0. The van der Waals surface area contributed by atoms with Crippen molar-refractivity contribution in [2.45, 2.75) is 12.8 Å². The monoisotopic (exact) mass is 243 g/mol. The fourth-order valence-corrected chi connectivity index (χ4v) is 0.984. The van der Waals surface area contributed by atoms with Crippen molar-refractivity contribution in [2.75, 3.05) is 11.5 Å². The Kier molecular flexibility index (Phi) is 3.06. The predicted molar refractivity (Wildman–Crippen MR) is 44.7 cm³/mol. The van der Waals surface area contributed by atoms with Crippen LogP contribution in [0.5, 0.6) is 5.75 Å². The van der Waals surface area contributed by atoms with Crippen molar-refractivity contribution in [1.29, 1.82) is 0 Å². The molecule has 0 aliphatic carbocycles. The number of hydrogen-bond acceptors (Lipinski definition) is 4. The van der Waals surface area contributed by atoms with Gasteiger partial charge in [-0.25, -0.2) is 13.8 Å². The van der Waals surface area contributed by atoms with E-state index >= 15 is 0 Å². The third-order valence-corrected chi connectivity index (χ3v) is 1.57. The van der Waals surface area contributed by atoms with Crippen molar-refractivity contribution in [3.63, 3.8) is 0 Å². The van der Waals surface area contributed by atoms with Crippen LogP contribution < -0.4 is 16.2 Å². The van der Waals surface area contributed by atoms with Crippen LogP contribution in [0.1, 0.15) is 12.0 Å². The number of ether oxygens (including phenoxy) is 1. The van der Waals surface area contributed by atoms with Crippen LogP contribution in [0.4, 0.5) is 33.5 Å². The highest BCUT2D eigenvalue weighted by Gasteiger charge is 2.35. The molecule has 4 nitrogen and oxygen atoms in total. The normalized spacial score (nSPS) is 11.9. The van der Waals surface area contributed by atoms with Gasteiger partial charge in [-0.15, -0.1) is 13.2 Å². The molecule has 0 radical (unpaired) electrons. The fourth-order valence-electron chi connectivity index (χ4n) is 0.984. The second-order valence-electron chi connectivity index (χ2n) is 2.69. The lowest BCUT2D eigenvalue weighted by Gasteiger charge is -2.15. The molecule has 0 aliphatic rings. The molecule has 0 amide bonds. The lowest BCUT2D eigenvalue weighted by Crippen LogP contribution is -2.20. The molecule has 0 spiro atoms. The second-order valence-corrected chi connectivity index (χ2v) is 2.69. The highest BCUT2D eigenvalue weighted by Crippen LogP contribution is 2.39. The van der Waals surface area contributed by atoms with Crippen LogP contribution in [0.25, 0.3) is 0 Å². The van der Waals surface area contributed by atoms with Gasteiger partial charge in [-0.2, -0.15) is 0 Å². The molecule has 90 valence electrons. The van der Waals surface area contributed by atoms with Crippen molar-refractivity contribution in [1.82, 2.24) is 4.98 Å². The molecule has 0 fully saturated rings. The number of nitrogen functional groups attached to an aromatic ring is 2. The molecule has 1 rings (SSSR count). The van der Waals surface area contributed by atoms with Crippen LogP contribution >= 0.6 is 0 Å². The summed E-state index contributed by atoms with van der Waals surface area (Å²) in [7, 11) is 0. The van der Waals surface area contributed by atoms with E-state index in [1.54, 1.807) is 0 Å². The Balaban J connectivity index is 3.29. The van der Waals surface area contributed by atoms with Crippen molar-refractivity contribution in [2.24, 2.45) is 0 Å². The summed E-state index contributed by atoms with van der Waals surface area (Å²) in [4.78, 5) is 3.20. The number of rotatable bonds is 2. The zero-order valence-corrected chi connectivity index (χ0v) is 7.55. The minimum atomic E-state index is -5.15. The smallest absolute Gasteiger partial charge is 0.401 e. The Labute approximate surface area is 86.0 Å². The molecule has 0 saturated carbocycles. The van der Waals surface area contributed by atoms with Gasteiger partial charge >= 0.3 is 6.36 Å². The Morgan fingerprint density at radius 2 is 1.81 bits per heavy atom. The van der Waals surface area contributed by atoms with E-state index in [2.05, 4.69) is 9.72 Å². The molecule has 1 heterocycles. The first-order valence-electron chi connectivity index (χ1n) is 3.80. The Hall–Kier alpha value is -1.80. The first kappa shape index (κ1) is 12.3. The van der Waals surface area contributed by atoms with Gasteiger partial charge in [-0.05, 0) is 0 Å². The zero-order valence-electron chi connectivity index (χ0n) is 7.55. The molecule has 0 aliphatic heterocycles. The highest BCUT2D eigenvalue weighted by molar-refractivity contribution is 5.62. The molecular formula is C7H6F5N3O. The number of anilines is 2. The van der Waals surface area contributed by atoms with Crippen LogP contribution in [-0.4, -0.2) is 11.3 Å². The number of pyridine rings is 1. The maximum absolute atomic E-state index is 12.4. The molecular weight excluding hydrogens is 237 g/mol. The van der Waals surface area contributed by atoms with Crippen molar-refractivity contribution < 1.29 is 26.7 Å². The lowest BCUT2D eigenvalue weighted by molar-refractivity contribution is -0.274. The maximum atomic E-state index is 12.4. The average molecular weight is 243 g/mol. The van der Waals surface area contributed by atoms with Gasteiger partial charge in [0.1, 0.15) is 0 Å². The van der Waals surface area contributed by atoms with Gasteiger partial charge in [0.25, 0.3) is 6.43 Å². The molecule has 4 N–H and O–H groups in total. The number of nitrogens with two attached hydrogens (primary N) is 2. The number of aromatic nitrogens is 1. The van der Waals surface area contributed by atoms with Crippen LogP contribution in [-0.2, 0) is 0 Å². The summed E-state index contributed by atoms with van der Waals surface area (Å²) in [6.45, 7) is 0. The molecule has 0 saturated heterocycles. The fraction of sp³-hybridized carbons (Fsp3) is 0.286. The van der Waals surface area contributed by atoms with Gasteiger partial charge in [-0.3, -0.25) is 0 Å². The molecule has 9 heteroatoms. The maximum Gasteiger partial charge on any atom is 0.573 e. The summed E-state index contributed by atoms with van der Waals surface area (Å²) in [5.41, 5.74) is 8.33. The van der Waals surface area contributed by atoms with E-state index in [9.17, 15) is 22.0 Å². The Morgan fingerprint density at radius 3 is 2.25 bits per heavy atom.